The molecule has 0 saturated heterocycles. The van der Waals surface area contributed by atoms with Crippen LogP contribution in [0.1, 0.15) is 23.8 Å². The van der Waals surface area contributed by atoms with E-state index >= 15 is 0 Å². The maximum Gasteiger partial charge on any atom is 0.416 e. The first-order valence-electron chi connectivity index (χ1n) is 9.11. The standard InChI is InChI=1S/C21H19Cl2F3N2OS/c1-4-9-28(18-10-13(21(24,25)26)5-8-16(18)22)20-27-19(12(2)30-20)15-7-6-14(29-3)11-17(15)23/h5-8,10-11H,4,9H2,1-3H3. The fourth-order valence-corrected chi connectivity index (χ4v) is 4.44. The van der Waals surface area contributed by atoms with Gasteiger partial charge in [0.2, 0.25) is 0 Å². The Labute approximate surface area is 187 Å². The van der Waals surface area contributed by atoms with Gasteiger partial charge in [-0.1, -0.05) is 30.1 Å². The fourth-order valence-electron chi connectivity index (χ4n) is 3.00. The Hall–Kier alpha value is -1.96. The molecule has 3 rings (SSSR count). The van der Waals surface area contributed by atoms with E-state index in [0.29, 0.717) is 34.6 Å². The second kappa shape index (κ2) is 9.04. The molecule has 0 fully saturated rings. The Bertz CT molecular complexity index is 1050. The molecule has 9 heteroatoms. The van der Waals surface area contributed by atoms with Gasteiger partial charge in [0.15, 0.2) is 5.13 Å². The Morgan fingerprint density at radius 2 is 1.83 bits per heavy atom. The summed E-state index contributed by atoms with van der Waals surface area (Å²) in [7, 11) is 1.55. The largest absolute Gasteiger partial charge is 0.497 e. The molecule has 0 bridgehead atoms. The van der Waals surface area contributed by atoms with E-state index in [1.54, 1.807) is 24.1 Å². The fraction of sp³-hybridized carbons (Fsp3) is 0.286. The molecule has 0 aliphatic carbocycles. The summed E-state index contributed by atoms with van der Waals surface area (Å²) in [6.07, 6.45) is -3.76. The normalized spacial score (nSPS) is 11.6. The van der Waals surface area contributed by atoms with E-state index in [2.05, 4.69) is 0 Å². The van der Waals surface area contributed by atoms with Crippen molar-refractivity contribution in [1.82, 2.24) is 4.98 Å². The third-order valence-electron chi connectivity index (χ3n) is 4.46. The highest BCUT2D eigenvalue weighted by atomic mass is 35.5. The third kappa shape index (κ3) is 4.68. The minimum absolute atomic E-state index is 0.230. The highest BCUT2D eigenvalue weighted by Gasteiger charge is 2.32. The molecule has 2 aromatic carbocycles. The molecule has 1 aromatic heterocycles. The molecule has 0 radical (unpaired) electrons. The Kier molecular flexibility index (Phi) is 6.84. The van der Waals surface area contributed by atoms with Crippen molar-refractivity contribution in [1.29, 1.82) is 0 Å². The molecule has 0 spiro atoms. The van der Waals surface area contributed by atoms with E-state index in [9.17, 15) is 13.2 Å². The zero-order chi connectivity index (χ0) is 22.1. The number of aryl methyl sites for hydroxylation is 1. The number of benzene rings is 2. The molecule has 3 aromatic rings. The molecule has 3 nitrogen and oxygen atoms in total. The van der Waals surface area contributed by atoms with Crippen molar-refractivity contribution in [3.63, 3.8) is 0 Å². The molecule has 1 heterocycles. The Morgan fingerprint density at radius 1 is 1.10 bits per heavy atom. The lowest BCUT2D eigenvalue weighted by Crippen LogP contribution is -2.19. The SMILES string of the molecule is CCCN(c1nc(-c2ccc(OC)cc2Cl)c(C)s1)c1cc(C(F)(F)F)ccc1Cl. The monoisotopic (exact) mass is 474 g/mol. The van der Waals surface area contributed by atoms with Crippen LogP contribution in [0.3, 0.4) is 0 Å². The molecule has 0 unspecified atom stereocenters. The number of rotatable bonds is 6. The number of nitrogens with zero attached hydrogens (tertiary/aromatic N) is 2. The van der Waals surface area contributed by atoms with Gasteiger partial charge in [-0.2, -0.15) is 13.2 Å². The van der Waals surface area contributed by atoms with Gasteiger partial charge < -0.3 is 9.64 Å². The van der Waals surface area contributed by atoms with Crippen LogP contribution in [0.2, 0.25) is 10.0 Å². The summed E-state index contributed by atoms with van der Waals surface area (Å²) in [5.41, 5.74) is 0.917. The van der Waals surface area contributed by atoms with Gasteiger partial charge >= 0.3 is 6.18 Å². The molecule has 0 saturated carbocycles. The van der Waals surface area contributed by atoms with Crippen molar-refractivity contribution in [3.8, 4) is 17.0 Å². The zero-order valence-electron chi connectivity index (χ0n) is 16.5. The number of methoxy groups -OCH3 is 1. The predicted octanol–water partition coefficient (Wildman–Crippen LogP) is 8.00. The van der Waals surface area contributed by atoms with Crippen molar-refractivity contribution in [2.45, 2.75) is 26.4 Å². The van der Waals surface area contributed by atoms with Crippen molar-refractivity contribution in [2.75, 3.05) is 18.6 Å². The number of hydrogen-bond acceptors (Lipinski definition) is 4. The minimum atomic E-state index is -4.46. The van der Waals surface area contributed by atoms with Crippen molar-refractivity contribution < 1.29 is 17.9 Å². The number of aromatic nitrogens is 1. The number of anilines is 2. The highest BCUT2D eigenvalue weighted by molar-refractivity contribution is 7.16. The van der Waals surface area contributed by atoms with Crippen LogP contribution in [0.25, 0.3) is 11.3 Å². The van der Waals surface area contributed by atoms with Gasteiger partial charge in [-0.15, -0.1) is 11.3 Å². The van der Waals surface area contributed by atoms with E-state index < -0.39 is 11.7 Å². The number of ether oxygens (including phenoxy) is 1. The molecule has 0 amide bonds. The van der Waals surface area contributed by atoms with Crippen molar-refractivity contribution in [3.05, 3.63) is 56.9 Å². The predicted molar refractivity (Wildman–Crippen MR) is 118 cm³/mol. The van der Waals surface area contributed by atoms with Crippen LogP contribution in [0, 0.1) is 6.92 Å². The van der Waals surface area contributed by atoms with Gasteiger partial charge in [0.05, 0.1) is 34.1 Å². The van der Waals surface area contributed by atoms with Gasteiger partial charge in [-0.05, 0) is 49.7 Å². The summed E-state index contributed by atoms with van der Waals surface area (Å²) in [6, 6.07) is 8.61. The van der Waals surface area contributed by atoms with Gasteiger partial charge in [-0.3, -0.25) is 0 Å². The van der Waals surface area contributed by atoms with Crippen LogP contribution in [0.4, 0.5) is 24.0 Å². The molecule has 30 heavy (non-hydrogen) atoms. The second-order valence-corrected chi connectivity index (χ2v) is 8.56. The van der Waals surface area contributed by atoms with Crippen LogP contribution in [-0.4, -0.2) is 18.6 Å². The quantitative estimate of drug-likeness (QED) is 0.361. The summed E-state index contributed by atoms with van der Waals surface area (Å²) in [4.78, 5) is 7.31. The molecule has 0 N–H and O–H groups in total. The lowest BCUT2D eigenvalue weighted by molar-refractivity contribution is -0.137. The molecular weight excluding hydrogens is 456 g/mol. The zero-order valence-corrected chi connectivity index (χ0v) is 18.8. The van der Waals surface area contributed by atoms with Gasteiger partial charge in [0.25, 0.3) is 0 Å². The van der Waals surface area contributed by atoms with E-state index in [0.717, 1.165) is 22.6 Å². The average Bonchev–Trinajstić information content (AvgIpc) is 3.06. The first kappa shape index (κ1) is 22.7. The Balaban J connectivity index is 2.08. The summed E-state index contributed by atoms with van der Waals surface area (Å²) in [6.45, 7) is 4.30. The third-order valence-corrected chi connectivity index (χ3v) is 6.09. The van der Waals surface area contributed by atoms with E-state index in [4.69, 9.17) is 32.9 Å². The van der Waals surface area contributed by atoms with Gasteiger partial charge in [0, 0.05) is 17.0 Å². The first-order valence-corrected chi connectivity index (χ1v) is 10.7. The second-order valence-electron chi connectivity index (χ2n) is 6.56. The number of hydrogen-bond donors (Lipinski definition) is 0. The van der Waals surface area contributed by atoms with E-state index in [1.165, 1.54) is 17.4 Å². The molecule has 0 atom stereocenters. The van der Waals surface area contributed by atoms with Gasteiger partial charge in [-0.25, -0.2) is 4.98 Å². The van der Waals surface area contributed by atoms with Crippen LogP contribution in [0.15, 0.2) is 36.4 Å². The maximum absolute atomic E-state index is 13.2. The number of halogens is 5. The van der Waals surface area contributed by atoms with Crippen LogP contribution in [-0.2, 0) is 6.18 Å². The average molecular weight is 475 g/mol. The summed E-state index contributed by atoms with van der Waals surface area (Å²) in [5.74, 6) is 0.625. The lowest BCUT2D eigenvalue weighted by atomic mass is 10.1. The summed E-state index contributed by atoms with van der Waals surface area (Å²) in [5, 5.41) is 1.26. The first-order chi connectivity index (χ1) is 14.2. The van der Waals surface area contributed by atoms with Gasteiger partial charge in [0.1, 0.15) is 5.75 Å². The number of alkyl halides is 3. The van der Waals surface area contributed by atoms with E-state index in [1.807, 2.05) is 19.9 Å². The van der Waals surface area contributed by atoms with Crippen molar-refractivity contribution in [2.24, 2.45) is 0 Å². The van der Waals surface area contributed by atoms with Crippen LogP contribution < -0.4 is 9.64 Å². The van der Waals surface area contributed by atoms with Crippen LogP contribution >= 0.6 is 34.5 Å². The van der Waals surface area contributed by atoms with E-state index in [-0.39, 0.29) is 10.7 Å². The molecule has 160 valence electrons. The minimum Gasteiger partial charge on any atom is -0.497 e. The molecule has 0 aliphatic rings. The number of thiazole rings is 1. The van der Waals surface area contributed by atoms with Crippen molar-refractivity contribution >= 4 is 45.4 Å². The molecule has 0 aliphatic heterocycles. The Morgan fingerprint density at radius 3 is 2.43 bits per heavy atom. The smallest absolute Gasteiger partial charge is 0.416 e. The lowest BCUT2D eigenvalue weighted by Gasteiger charge is -2.23. The molecular formula is C21H19Cl2F3N2OS. The highest BCUT2D eigenvalue weighted by Crippen LogP contribution is 2.42. The maximum atomic E-state index is 13.2. The summed E-state index contributed by atoms with van der Waals surface area (Å²) >= 11 is 14.1. The topological polar surface area (TPSA) is 25.4 Å². The summed E-state index contributed by atoms with van der Waals surface area (Å²) < 4.78 is 44.9. The van der Waals surface area contributed by atoms with Crippen LogP contribution in [0.5, 0.6) is 5.75 Å².